The van der Waals surface area contributed by atoms with Crippen molar-refractivity contribution >= 4 is 54.8 Å². The van der Waals surface area contributed by atoms with Crippen molar-refractivity contribution in [2.24, 2.45) is 5.92 Å². The van der Waals surface area contributed by atoms with Crippen molar-refractivity contribution in [2.75, 3.05) is 27.2 Å². The molecule has 0 radical (unpaired) electrons. The molecule has 0 saturated carbocycles. The van der Waals surface area contributed by atoms with E-state index in [0.717, 1.165) is 10.2 Å². The summed E-state index contributed by atoms with van der Waals surface area (Å²) in [6.45, 7) is 1.87. The molecule has 28 heavy (non-hydrogen) atoms. The van der Waals surface area contributed by atoms with Gasteiger partial charge < -0.3 is 10.2 Å². The molecule has 9 heteroatoms. The summed E-state index contributed by atoms with van der Waals surface area (Å²) >= 11 is 3.39. The van der Waals surface area contributed by atoms with Crippen LogP contribution in [0.3, 0.4) is 0 Å². The number of nitrogens with zero attached hydrogens (tertiary/aromatic N) is 1. The number of nitrogens with one attached hydrogen (secondary N) is 2. The summed E-state index contributed by atoms with van der Waals surface area (Å²) in [4.78, 5) is 26.5. The van der Waals surface area contributed by atoms with Gasteiger partial charge in [-0.05, 0) is 49.4 Å². The second-order valence-corrected chi connectivity index (χ2v) is 9.38. The summed E-state index contributed by atoms with van der Waals surface area (Å²) < 4.78 is 26.5. The average Bonchev–Trinajstić information content (AvgIpc) is 3.05. The van der Waals surface area contributed by atoms with Gasteiger partial charge in [0, 0.05) is 34.5 Å². The SMILES string of the molecule is CCS(=O)(=O)Nc1ccc(NC(=O)C2CC(=O)N(c3cccc(Br)c3)C2)cc1. The predicted molar refractivity (Wildman–Crippen MR) is 113 cm³/mol. The highest BCUT2D eigenvalue weighted by Crippen LogP contribution is 2.28. The fraction of sp³-hybridized carbons (Fsp3) is 0.263. The molecular formula is C19H20BrN3O4S. The number of carbonyl (C=O) groups excluding carboxylic acids is 2. The van der Waals surface area contributed by atoms with E-state index in [2.05, 4.69) is 26.0 Å². The fourth-order valence-corrected chi connectivity index (χ4v) is 3.92. The van der Waals surface area contributed by atoms with Gasteiger partial charge in [-0.1, -0.05) is 22.0 Å². The van der Waals surface area contributed by atoms with Crippen LogP contribution in [0.1, 0.15) is 13.3 Å². The summed E-state index contributed by atoms with van der Waals surface area (Å²) in [7, 11) is -3.35. The number of hydrogen-bond donors (Lipinski definition) is 2. The molecule has 1 aliphatic heterocycles. The Bertz CT molecular complexity index is 992. The third-order valence-corrected chi connectivity index (χ3v) is 6.22. The van der Waals surface area contributed by atoms with Crippen LogP contribution in [-0.2, 0) is 19.6 Å². The van der Waals surface area contributed by atoms with Crippen LogP contribution < -0.4 is 14.9 Å². The highest BCUT2D eigenvalue weighted by molar-refractivity contribution is 9.10. The summed E-state index contributed by atoms with van der Waals surface area (Å²) in [5.74, 6) is -0.810. The van der Waals surface area contributed by atoms with Crippen LogP contribution in [0.2, 0.25) is 0 Å². The first kappa shape index (κ1) is 20.3. The van der Waals surface area contributed by atoms with Gasteiger partial charge in [-0.2, -0.15) is 0 Å². The Kier molecular flexibility index (Phi) is 6.04. The van der Waals surface area contributed by atoms with Gasteiger partial charge in [-0.25, -0.2) is 8.42 Å². The summed E-state index contributed by atoms with van der Waals surface area (Å²) in [5, 5.41) is 2.79. The normalized spacial score (nSPS) is 16.9. The third kappa shape index (κ3) is 4.90. The van der Waals surface area contributed by atoms with E-state index in [0.29, 0.717) is 17.9 Å². The number of benzene rings is 2. The molecule has 1 fully saturated rings. The van der Waals surface area contributed by atoms with Crippen LogP contribution in [0.5, 0.6) is 0 Å². The minimum atomic E-state index is -3.35. The molecule has 0 aliphatic carbocycles. The summed E-state index contributed by atoms with van der Waals surface area (Å²) in [5.41, 5.74) is 1.72. The molecule has 3 rings (SSSR count). The molecule has 1 aliphatic rings. The maximum absolute atomic E-state index is 12.6. The van der Waals surface area contributed by atoms with E-state index in [4.69, 9.17) is 0 Å². The van der Waals surface area contributed by atoms with E-state index < -0.39 is 15.9 Å². The van der Waals surface area contributed by atoms with Gasteiger partial charge >= 0.3 is 0 Å². The molecule has 0 aromatic heterocycles. The van der Waals surface area contributed by atoms with Crippen molar-refractivity contribution in [3.05, 3.63) is 53.0 Å². The summed E-state index contributed by atoms with van der Waals surface area (Å²) in [6, 6.07) is 13.8. The first-order valence-corrected chi connectivity index (χ1v) is 11.2. The van der Waals surface area contributed by atoms with Gasteiger partial charge in [-0.3, -0.25) is 14.3 Å². The van der Waals surface area contributed by atoms with E-state index >= 15 is 0 Å². The first-order valence-electron chi connectivity index (χ1n) is 8.75. The van der Waals surface area contributed by atoms with Crippen LogP contribution in [-0.4, -0.2) is 32.5 Å². The lowest BCUT2D eigenvalue weighted by Gasteiger charge is -2.17. The average molecular weight is 466 g/mol. The van der Waals surface area contributed by atoms with Crippen molar-refractivity contribution < 1.29 is 18.0 Å². The van der Waals surface area contributed by atoms with Crippen LogP contribution in [0, 0.1) is 5.92 Å². The Labute approximate surface area is 172 Å². The first-order chi connectivity index (χ1) is 13.3. The Balaban J connectivity index is 1.63. The van der Waals surface area contributed by atoms with Gasteiger partial charge in [0.15, 0.2) is 0 Å². The lowest BCUT2D eigenvalue weighted by Crippen LogP contribution is -2.28. The quantitative estimate of drug-likeness (QED) is 0.684. The Morgan fingerprint density at radius 3 is 2.50 bits per heavy atom. The molecule has 7 nitrogen and oxygen atoms in total. The largest absolute Gasteiger partial charge is 0.326 e. The molecule has 0 spiro atoms. The number of rotatable bonds is 6. The van der Waals surface area contributed by atoms with Crippen molar-refractivity contribution in [3.8, 4) is 0 Å². The maximum Gasteiger partial charge on any atom is 0.232 e. The summed E-state index contributed by atoms with van der Waals surface area (Å²) in [6.07, 6.45) is 0.146. The van der Waals surface area contributed by atoms with Crippen molar-refractivity contribution in [1.29, 1.82) is 0 Å². The van der Waals surface area contributed by atoms with E-state index in [-0.39, 0.29) is 24.0 Å². The maximum atomic E-state index is 12.6. The van der Waals surface area contributed by atoms with Crippen LogP contribution in [0.4, 0.5) is 17.1 Å². The molecule has 0 bridgehead atoms. The third-order valence-electron chi connectivity index (χ3n) is 4.42. The smallest absolute Gasteiger partial charge is 0.232 e. The lowest BCUT2D eigenvalue weighted by atomic mass is 10.1. The number of halogens is 1. The van der Waals surface area contributed by atoms with E-state index in [9.17, 15) is 18.0 Å². The molecule has 148 valence electrons. The number of anilines is 3. The molecule has 2 aromatic rings. The van der Waals surface area contributed by atoms with E-state index in [1.54, 1.807) is 36.1 Å². The van der Waals surface area contributed by atoms with Gasteiger partial charge in [0.2, 0.25) is 21.8 Å². The van der Waals surface area contributed by atoms with Crippen molar-refractivity contribution in [1.82, 2.24) is 0 Å². The van der Waals surface area contributed by atoms with Crippen LogP contribution in [0.15, 0.2) is 53.0 Å². The molecule has 1 atom stereocenters. The second-order valence-electron chi connectivity index (χ2n) is 6.46. The fourth-order valence-electron chi connectivity index (χ4n) is 2.89. The standard InChI is InChI=1S/C19H20BrN3O4S/c1-2-28(26,27)22-16-8-6-15(7-9-16)21-19(25)13-10-18(24)23(12-13)17-5-3-4-14(20)11-17/h3-9,11,13,22H,2,10,12H2,1H3,(H,21,25). The Hall–Kier alpha value is -2.39. The second kappa shape index (κ2) is 8.32. The van der Waals surface area contributed by atoms with Crippen LogP contribution >= 0.6 is 15.9 Å². The minimum Gasteiger partial charge on any atom is -0.326 e. The molecule has 2 N–H and O–H groups in total. The minimum absolute atomic E-state index is 0.0182. The van der Waals surface area contributed by atoms with Gasteiger partial charge in [0.1, 0.15) is 0 Å². The van der Waals surface area contributed by atoms with Crippen molar-refractivity contribution in [3.63, 3.8) is 0 Å². The van der Waals surface area contributed by atoms with E-state index in [1.807, 2.05) is 24.3 Å². The molecule has 1 unspecified atom stereocenters. The van der Waals surface area contributed by atoms with Gasteiger partial charge in [0.05, 0.1) is 11.7 Å². The molecule has 2 amide bonds. The molecular weight excluding hydrogens is 446 g/mol. The number of hydrogen-bond acceptors (Lipinski definition) is 4. The van der Waals surface area contributed by atoms with E-state index in [1.165, 1.54) is 0 Å². The van der Waals surface area contributed by atoms with Crippen LogP contribution in [0.25, 0.3) is 0 Å². The zero-order chi connectivity index (χ0) is 20.3. The van der Waals surface area contributed by atoms with Gasteiger partial charge in [-0.15, -0.1) is 0 Å². The molecule has 1 saturated heterocycles. The predicted octanol–water partition coefficient (Wildman–Crippen LogP) is 3.20. The Morgan fingerprint density at radius 2 is 1.86 bits per heavy atom. The zero-order valence-corrected chi connectivity index (χ0v) is 17.6. The monoisotopic (exact) mass is 465 g/mol. The lowest BCUT2D eigenvalue weighted by molar-refractivity contribution is -0.122. The molecule has 1 heterocycles. The van der Waals surface area contributed by atoms with Gasteiger partial charge in [0.25, 0.3) is 0 Å². The highest BCUT2D eigenvalue weighted by atomic mass is 79.9. The number of amides is 2. The topological polar surface area (TPSA) is 95.6 Å². The highest BCUT2D eigenvalue weighted by Gasteiger charge is 2.35. The number of carbonyl (C=O) groups is 2. The zero-order valence-electron chi connectivity index (χ0n) is 15.2. The van der Waals surface area contributed by atoms with Crippen molar-refractivity contribution in [2.45, 2.75) is 13.3 Å². The Morgan fingerprint density at radius 1 is 1.18 bits per heavy atom. The molecule has 2 aromatic carbocycles. The number of sulfonamides is 1.